The molecular weight excluding hydrogens is 192 g/mol. The summed E-state index contributed by atoms with van der Waals surface area (Å²) in [7, 11) is 0. The molecule has 1 heterocycles. The Morgan fingerprint density at radius 2 is 2.27 bits per heavy atom. The van der Waals surface area contributed by atoms with E-state index >= 15 is 0 Å². The van der Waals surface area contributed by atoms with Crippen LogP contribution in [-0.4, -0.2) is 17.2 Å². The van der Waals surface area contributed by atoms with Gasteiger partial charge in [-0.2, -0.15) is 0 Å². The van der Waals surface area contributed by atoms with Crippen molar-refractivity contribution in [1.29, 1.82) is 0 Å². The first kappa shape index (κ1) is 10.0. The van der Waals surface area contributed by atoms with Crippen LogP contribution in [0.5, 0.6) is 5.75 Å². The van der Waals surface area contributed by atoms with Crippen molar-refractivity contribution in [2.24, 2.45) is 0 Å². The summed E-state index contributed by atoms with van der Waals surface area (Å²) in [5.74, 6) is -0.440. The van der Waals surface area contributed by atoms with Crippen LogP contribution >= 0.6 is 0 Å². The maximum atomic E-state index is 11.1. The Kier molecular flexibility index (Phi) is 2.39. The minimum absolute atomic E-state index is 0.0281. The summed E-state index contributed by atoms with van der Waals surface area (Å²) in [5.41, 5.74) is 1.81. The molecule has 2 unspecified atom stereocenters. The van der Waals surface area contributed by atoms with Crippen molar-refractivity contribution >= 4 is 5.97 Å². The van der Waals surface area contributed by atoms with Gasteiger partial charge >= 0.3 is 5.97 Å². The van der Waals surface area contributed by atoms with Crippen molar-refractivity contribution in [2.45, 2.75) is 32.3 Å². The molecule has 1 aliphatic rings. The second-order valence-corrected chi connectivity index (χ2v) is 4.05. The summed E-state index contributed by atoms with van der Waals surface area (Å²) in [6, 6.07) is 5.66. The zero-order valence-corrected chi connectivity index (χ0v) is 8.86. The quantitative estimate of drug-likeness (QED) is 0.767. The van der Waals surface area contributed by atoms with Crippen LogP contribution in [0.4, 0.5) is 0 Å². The highest BCUT2D eigenvalue weighted by molar-refractivity contribution is 5.78. The minimum atomic E-state index is -0.767. The van der Waals surface area contributed by atoms with E-state index in [-0.39, 0.29) is 6.10 Å². The van der Waals surface area contributed by atoms with Gasteiger partial charge in [0.05, 0.1) is 12.0 Å². The van der Waals surface area contributed by atoms with Crippen molar-refractivity contribution in [2.75, 3.05) is 0 Å². The van der Waals surface area contributed by atoms with Crippen molar-refractivity contribution in [3.8, 4) is 5.75 Å². The smallest absolute Gasteiger partial charge is 0.311 e. The Labute approximate surface area is 88.7 Å². The van der Waals surface area contributed by atoms with Crippen LogP contribution in [-0.2, 0) is 4.79 Å². The van der Waals surface area contributed by atoms with Gasteiger partial charge in [-0.15, -0.1) is 0 Å². The molecule has 3 heteroatoms. The number of carboxylic acids is 1. The number of hydrogen-bond donors (Lipinski definition) is 1. The van der Waals surface area contributed by atoms with E-state index < -0.39 is 11.9 Å². The molecule has 1 aromatic carbocycles. The lowest BCUT2D eigenvalue weighted by Crippen LogP contribution is -2.27. The van der Waals surface area contributed by atoms with Gasteiger partial charge in [0.2, 0.25) is 0 Å². The fourth-order valence-electron chi connectivity index (χ4n) is 2.05. The molecule has 0 saturated carbocycles. The van der Waals surface area contributed by atoms with E-state index in [1.165, 1.54) is 0 Å². The summed E-state index contributed by atoms with van der Waals surface area (Å²) in [6.07, 6.45) is 0.519. The van der Waals surface area contributed by atoms with E-state index in [2.05, 4.69) is 0 Å². The largest absolute Gasteiger partial charge is 0.490 e. The number of benzene rings is 1. The summed E-state index contributed by atoms with van der Waals surface area (Å²) < 4.78 is 5.68. The van der Waals surface area contributed by atoms with E-state index in [1.807, 2.05) is 32.0 Å². The first-order chi connectivity index (χ1) is 7.09. The third kappa shape index (κ3) is 1.69. The minimum Gasteiger partial charge on any atom is -0.490 e. The lowest BCUT2D eigenvalue weighted by atomic mass is 9.89. The number of aryl methyl sites for hydroxylation is 1. The van der Waals surface area contributed by atoms with Gasteiger partial charge in [-0.25, -0.2) is 0 Å². The molecule has 0 aliphatic carbocycles. The summed E-state index contributed by atoms with van der Waals surface area (Å²) in [5, 5.41) is 9.14. The third-order valence-electron chi connectivity index (χ3n) is 2.80. The predicted octanol–water partition coefficient (Wildman–Crippen LogP) is 2.33. The molecule has 2 rings (SSSR count). The number of carboxylic acid groups (broad SMARTS) is 1. The molecule has 80 valence electrons. The van der Waals surface area contributed by atoms with Gasteiger partial charge in [0.1, 0.15) is 5.75 Å². The van der Waals surface area contributed by atoms with Crippen molar-refractivity contribution in [3.63, 3.8) is 0 Å². The molecule has 0 aromatic heterocycles. The number of para-hydroxylation sites is 1. The maximum absolute atomic E-state index is 11.1. The van der Waals surface area contributed by atoms with Gasteiger partial charge in [0.15, 0.2) is 0 Å². The zero-order valence-electron chi connectivity index (χ0n) is 8.86. The fourth-order valence-corrected chi connectivity index (χ4v) is 2.05. The SMILES string of the molecule is Cc1cccc2c1OC(C)CC2C(=O)O. The van der Waals surface area contributed by atoms with E-state index in [1.54, 1.807) is 0 Å². The molecule has 2 atom stereocenters. The fraction of sp³-hybridized carbons (Fsp3) is 0.417. The second-order valence-electron chi connectivity index (χ2n) is 4.05. The number of aliphatic carboxylic acids is 1. The molecule has 1 N–H and O–H groups in total. The third-order valence-corrected chi connectivity index (χ3v) is 2.80. The van der Waals surface area contributed by atoms with Gasteiger partial charge in [0, 0.05) is 12.0 Å². The Bertz CT molecular complexity index is 398. The van der Waals surface area contributed by atoms with E-state index in [9.17, 15) is 4.79 Å². The van der Waals surface area contributed by atoms with Gasteiger partial charge < -0.3 is 9.84 Å². The molecular formula is C12H14O3. The van der Waals surface area contributed by atoms with E-state index in [0.717, 1.165) is 16.9 Å². The highest BCUT2D eigenvalue weighted by Crippen LogP contribution is 2.38. The average Bonchev–Trinajstić information content (AvgIpc) is 2.18. The Balaban J connectivity index is 2.51. The standard InChI is InChI=1S/C12H14O3/c1-7-4-3-5-9-10(12(13)14)6-8(2)15-11(7)9/h3-5,8,10H,6H2,1-2H3,(H,13,14). The normalized spacial score (nSPS) is 24.1. The van der Waals surface area contributed by atoms with Crippen LogP contribution in [0, 0.1) is 6.92 Å². The monoisotopic (exact) mass is 206 g/mol. The Morgan fingerprint density at radius 1 is 1.53 bits per heavy atom. The number of fused-ring (bicyclic) bond motifs is 1. The first-order valence-corrected chi connectivity index (χ1v) is 5.08. The number of ether oxygens (including phenoxy) is 1. The molecule has 0 radical (unpaired) electrons. The number of rotatable bonds is 1. The lowest BCUT2D eigenvalue weighted by Gasteiger charge is -2.29. The number of carbonyl (C=O) groups is 1. The van der Waals surface area contributed by atoms with Crippen LogP contribution < -0.4 is 4.74 Å². The topological polar surface area (TPSA) is 46.5 Å². The van der Waals surface area contributed by atoms with Gasteiger partial charge in [-0.1, -0.05) is 18.2 Å². The molecule has 3 nitrogen and oxygen atoms in total. The second kappa shape index (κ2) is 3.57. The van der Waals surface area contributed by atoms with Gasteiger partial charge in [-0.05, 0) is 19.4 Å². The average molecular weight is 206 g/mol. The van der Waals surface area contributed by atoms with Crippen molar-refractivity contribution in [1.82, 2.24) is 0 Å². The summed E-state index contributed by atoms with van der Waals surface area (Å²) in [6.45, 7) is 3.85. The lowest BCUT2D eigenvalue weighted by molar-refractivity contribution is -0.139. The molecule has 1 aliphatic heterocycles. The van der Waals surface area contributed by atoms with Crippen LogP contribution in [0.3, 0.4) is 0 Å². The van der Waals surface area contributed by atoms with Crippen molar-refractivity contribution < 1.29 is 14.6 Å². The van der Waals surface area contributed by atoms with Crippen molar-refractivity contribution in [3.05, 3.63) is 29.3 Å². The van der Waals surface area contributed by atoms with Crippen LogP contribution in [0.2, 0.25) is 0 Å². The molecule has 0 amide bonds. The highest BCUT2D eigenvalue weighted by Gasteiger charge is 2.31. The summed E-state index contributed by atoms with van der Waals surface area (Å²) >= 11 is 0. The highest BCUT2D eigenvalue weighted by atomic mass is 16.5. The number of hydrogen-bond acceptors (Lipinski definition) is 2. The molecule has 0 spiro atoms. The van der Waals surface area contributed by atoms with Crippen LogP contribution in [0.25, 0.3) is 0 Å². The summed E-state index contributed by atoms with van der Waals surface area (Å²) in [4.78, 5) is 11.1. The van der Waals surface area contributed by atoms with Gasteiger partial charge in [-0.3, -0.25) is 4.79 Å². The molecule has 1 aromatic rings. The first-order valence-electron chi connectivity index (χ1n) is 5.08. The van der Waals surface area contributed by atoms with Crippen LogP contribution in [0.1, 0.15) is 30.4 Å². The van der Waals surface area contributed by atoms with E-state index in [0.29, 0.717) is 6.42 Å². The Morgan fingerprint density at radius 3 is 2.93 bits per heavy atom. The van der Waals surface area contributed by atoms with Gasteiger partial charge in [0.25, 0.3) is 0 Å². The van der Waals surface area contributed by atoms with E-state index in [4.69, 9.17) is 9.84 Å². The van der Waals surface area contributed by atoms with Crippen LogP contribution in [0.15, 0.2) is 18.2 Å². The molecule has 0 saturated heterocycles. The molecule has 0 bridgehead atoms. The Hall–Kier alpha value is -1.51. The maximum Gasteiger partial charge on any atom is 0.311 e. The predicted molar refractivity (Wildman–Crippen MR) is 56.3 cm³/mol. The molecule has 0 fully saturated rings. The zero-order chi connectivity index (χ0) is 11.0. The molecule has 15 heavy (non-hydrogen) atoms.